The molecular formula is C21H25ClN2O2. The molecule has 0 fully saturated rings. The van der Waals surface area contributed by atoms with Crippen LogP contribution in [0.5, 0.6) is 0 Å². The number of carbonyl (C=O) groups is 1. The van der Waals surface area contributed by atoms with Crippen molar-refractivity contribution < 1.29 is 9.53 Å². The van der Waals surface area contributed by atoms with Gasteiger partial charge in [-0.1, -0.05) is 18.0 Å². The number of aromatic nitrogens is 2. The van der Waals surface area contributed by atoms with Crippen LogP contribution < -0.4 is 0 Å². The van der Waals surface area contributed by atoms with E-state index in [0.717, 1.165) is 36.9 Å². The molecule has 2 aromatic rings. The minimum Gasteiger partial charge on any atom is -0.460 e. The third-order valence-electron chi connectivity index (χ3n) is 4.57. The number of pyridine rings is 2. The molecule has 0 bridgehead atoms. The summed E-state index contributed by atoms with van der Waals surface area (Å²) < 4.78 is 5.52. The number of rotatable bonds is 3. The molecule has 1 aliphatic carbocycles. The van der Waals surface area contributed by atoms with Gasteiger partial charge in [0.2, 0.25) is 0 Å². The van der Waals surface area contributed by atoms with E-state index in [9.17, 15) is 4.79 Å². The van der Waals surface area contributed by atoms with Gasteiger partial charge in [0.1, 0.15) is 10.8 Å². The van der Waals surface area contributed by atoms with Crippen molar-refractivity contribution in [1.29, 1.82) is 0 Å². The quantitative estimate of drug-likeness (QED) is 0.414. The van der Waals surface area contributed by atoms with Gasteiger partial charge >= 0.3 is 5.97 Å². The van der Waals surface area contributed by atoms with Gasteiger partial charge in [0, 0.05) is 18.0 Å². The highest BCUT2D eigenvalue weighted by molar-refractivity contribution is 6.29. The zero-order chi connectivity index (χ0) is 18.7. The van der Waals surface area contributed by atoms with E-state index in [2.05, 4.69) is 16.0 Å². The first-order chi connectivity index (χ1) is 12.3. The standard InChI is InChI=1S/C21H25ClN2O2/c1-21(2,3)26-20(25)12-15-7-5-4-6-14-10-18(24-13-17(14)15)16-8-9-23-19(22)11-16/h8-11,13,15H,4-7,12H2,1-3H3. The maximum atomic E-state index is 12.3. The van der Waals surface area contributed by atoms with Crippen LogP contribution in [0.4, 0.5) is 0 Å². The van der Waals surface area contributed by atoms with E-state index in [0.29, 0.717) is 11.6 Å². The Kier molecular flexibility index (Phi) is 5.61. The molecule has 26 heavy (non-hydrogen) atoms. The highest BCUT2D eigenvalue weighted by atomic mass is 35.5. The minimum atomic E-state index is -0.451. The molecule has 0 spiro atoms. The van der Waals surface area contributed by atoms with Crippen molar-refractivity contribution in [3.63, 3.8) is 0 Å². The molecule has 0 N–H and O–H groups in total. The number of aryl methyl sites for hydroxylation is 1. The van der Waals surface area contributed by atoms with E-state index in [1.807, 2.05) is 39.1 Å². The van der Waals surface area contributed by atoms with Crippen LogP contribution in [0.3, 0.4) is 0 Å². The van der Waals surface area contributed by atoms with Gasteiger partial charge in [-0.05, 0) is 75.3 Å². The van der Waals surface area contributed by atoms with Gasteiger partial charge in [0.05, 0.1) is 12.1 Å². The fourth-order valence-corrected chi connectivity index (χ4v) is 3.64. The molecule has 4 nitrogen and oxygen atoms in total. The second-order valence-electron chi connectivity index (χ2n) is 7.87. The normalized spacial score (nSPS) is 17.3. The molecule has 0 radical (unpaired) electrons. The highest BCUT2D eigenvalue weighted by Crippen LogP contribution is 2.35. The zero-order valence-corrected chi connectivity index (χ0v) is 16.3. The lowest BCUT2D eigenvalue weighted by atomic mass is 9.90. The molecule has 1 aliphatic rings. The smallest absolute Gasteiger partial charge is 0.306 e. The van der Waals surface area contributed by atoms with Crippen molar-refractivity contribution in [3.05, 3.63) is 46.9 Å². The van der Waals surface area contributed by atoms with Gasteiger partial charge < -0.3 is 4.74 Å². The first-order valence-electron chi connectivity index (χ1n) is 9.14. The molecule has 2 heterocycles. The molecule has 2 aromatic heterocycles. The summed E-state index contributed by atoms with van der Waals surface area (Å²) >= 11 is 6.01. The Hall–Kier alpha value is -1.94. The van der Waals surface area contributed by atoms with Crippen LogP contribution >= 0.6 is 11.6 Å². The molecule has 0 saturated heterocycles. The van der Waals surface area contributed by atoms with Gasteiger partial charge in [0.15, 0.2) is 0 Å². The molecule has 1 atom stereocenters. The summed E-state index contributed by atoms with van der Waals surface area (Å²) in [6, 6.07) is 5.87. The average Bonchev–Trinajstić information content (AvgIpc) is 2.75. The number of carbonyl (C=O) groups excluding carboxylic acids is 1. The van der Waals surface area contributed by atoms with Gasteiger partial charge in [-0.25, -0.2) is 4.98 Å². The number of fused-ring (bicyclic) bond motifs is 1. The Morgan fingerprint density at radius 1 is 1.27 bits per heavy atom. The summed E-state index contributed by atoms with van der Waals surface area (Å²) in [4.78, 5) is 21.0. The Balaban J connectivity index is 1.86. The van der Waals surface area contributed by atoms with E-state index < -0.39 is 5.60 Å². The van der Waals surface area contributed by atoms with Crippen molar-refractivity contribution in [1.82, 2.24) is 9.97 Å². The molecule has 0 amide bonds. The summed E-state index contributed by atoms with van der Waals surface area (Å²) in [5.41, 5.74) is 3.85. The fourth-order valence-electron chi connectivity index (χ4n) is 3.47. The van der Waals surface area contributed by atoms with Gasteiger partial charge in [0.25, 0.3) is 0 Å². The van der Waals surface area contributed by atoms with Crippen molar-refractivity contribution >= 4 is 17.6 Å². The minimum absolute atomic E-state index is 0.139. The molecule has 1 unspecified atom stereocenters. The van der Waals surface area contributed by atoms with Crippen LogP contribution in [0.1, 0.15) is 63.5 Å². The Morgan fingerprint density at radius 3 is 2.81 bits per heavy atom. The van der Waals surface area contributed by atoms with Crippen LogP contribution in [-0.4, -0.2) is 21.5 Å². The molecule has 138 valence electrons. The van der Waals surface area contributed by atoms with E-state index >= 15 is 0 Å². The number of hydrogen-bond donors (Lipinski definition) is 0. The number of esters is 1. The van der Waals surface area contributed by atoms with Crippen molar-refractivity contribution in [3.8, 4) is 11.3 Å². The van der Waals surface area contributed by atoms with Crippen molar-refractivity contribution in [2.75, 3.05) is 0 Å². The van der Waals surface area contributed by atoms with E-state index in [-0.39, 0.29) is 11.9 Å². The van der Waals surface area contributed by atoms with Gasteiger partial charge in [-0.3, -0.25) is 9.78 Å². The second kappa shape index (κ2) is 7.75. The maximum absolute atomic E-state index is 12.3. The predicted octanol–water partition coefficient (Wildman–Crippen LogP) is 5.34. The summed E-state index contributed by atoms with van der Waals surface area (Å²) in [6.07, 6.45) is 8.27. The monoisotopic (exact) mass is 372 g/mol. The zero-order valence-electron chi connectivity index (χ0n) is 15.6. The number of nitrogens with zero attached hydrogens (tertiary/aromatic N) is 2. The topological polar surface area (TPSA) is 52.1 Å². The van der Waals surface area contributed by atoms with E-state index in [4.69, 9.17) is 16.3 Å². The molecule has 0 aliphatic heterocycles. The summed E-state index contributed by atoms with van der Waals surface area (Å²) in [5, 5.41) is 0.460. The first kappa shape index (κ1) is 18.8. The fraction of sp³-hybridized carbons (Fsp3) is 0.476. The maximum Gasteiger partial charge on any atom is 0.306 e. The predicted molar refractivity (Wildman–Crippen MR) is 103 cm³/mol. The molecule has 0 saturated carbocycles. The second-order valence-corrected chi connectivity index (χ2v) is 8.26. The molecular weight excluding hydrogens is 348 g/mol. The van der Waals surface area contributed by atoms with E-state index in [1.165, 1.54) is 11.1 Å². The summed E-state index contributed by atoms with van der Waals surface area (Å²) in [7, 11) is 0. The number of ether oxygens (including phenoxy) is 1. The SMILES string of the molecule is CC(C)(C)OC(=O)CC1CCCCc2cc(-c3ccnc(Cl)c3)ncc21. The van der Waals surface area contributed by atoms with Crippen LogP contribution in [0.15, 0.2) is 30.6 Å². The van der Waals surface area contributed by atoms with Crippen molar-refractivity contribution in [2.45, 2.75) is 64.4 Å². The van der Waals surface area contributed by atoms with E-state index in [1.54, 1.807) is 6.20 Å². The molecule has 0 aromatic carbocycles. The molecule has 5 heteroatoms. The highest BCUT2D eigenvalue weighted by Gasteiger charge is 2.25. The lowest BCUT2D eigenvalue weighted by Gasteiger charge is -2.22. The summed E-state index contributed by atoms with van der Waals surface area (Å²) in [6.45, 7) is 5.71. The lowest BCUT2D eigenvalue weighted by Crippen LogP contribution is -2.25. The lowest BCUT2D eigenvalue weighted by molar-refractivity contribution is -0.155. The van der Waals surface area contributed by atoms with Crippen molar-refractivity contribution in [2.24, 2.45) is 0 Å². The summed E-state index contributed by atoms with van der Waals surface area (Å²) in [5.74, 6) is 0.0327. The Labute approximate surface area is 160 Å². The Morgan fingerprint density at radius 2 is 2.08 bits per heavy atom. The van der Waals surface area contributed by atoms with Crippen LogP contribution in [0, 0.1) is 0 Å². The third-order valence-corrected chi connectivity index (χ3v) is 4.78. The Bertz CT molecular complexity index is 799. The number of hydrogen-bond acceptors (Lipinski definition) is 4. The molecule has 3 rings (SSSR count). The van der Waals surface area contributed by atoms with Gasteiger partial charge in [-0.2, -0.15) is 0 Å². The van der Waals surface area contributed by atoms with Crippen LogP contribution in [-0.2, 0) is 16.0 Å². The van der Waals surface area contributed by atoms with Crippen LogP contribution in [0.2, 0.25) is 5.15 Å². The number of halogens is 1. The van der Waals surface area contributed by atoms with Gasteiger partial charge in [-0.15, -0.1) is 0 Å². The van der Waals surface area contributed by atoms with Crippen LogP contribution in [0.25, 0.3) is 11.3 Å². The first-order valence-corrected chi connectivity index (χ1v) is 9.52. The average molecular weight is 373 g/mol. The largest absolute Gasteiger partial charge is 0.460 e. The third kappa shape index (κ3) is 4.82.